The van der Waals surface area contributed by atoms with Gasteiger partial charge in [0, 0.05) is 11.3 Å². The highest BCUT2D eigenvalue weighted by Crippen LogP contribution is 2.24. The van der Waals surface area contributed by atoms with Gasteiger partial charge in [-0.3, -0.25) is 9.59 Å². The van der Waals surface area contributed by atoms with Crippen molar-refractivity contribution in [2.24, 2.45) is 5.41 Å². The van der Waals surface area contributed by atoms with Crippen LogP contribution in [0.5, 0.6) is 5.75 Å². The normalized spacial score (nSPS) is 12.2. The zero-order valence-corrected chi connectivity index (χ0v) is 18.6. The van der Waals surface area contributed by atoms with E-state index in [1.807, 2.05) is 27.7 Å². The zero-order chi connectivity index (χ0) is 23.3. The number of carbonyl (C=O) groups excluding carboxylic acids is 2. The average molecular weight is 438 g/mol. The number of benzene rings is 2. The van der Waals surface area contributed by atoms with E-state index in [0.29, 0.717) is 11.3 Å². The van der Waals surface area contributed by atoms with Crippen molar-refractivity contribution in [1.29, 1.82) is 0 Å². The molecule has 0 aliphatic rings. The van der Waals surface area contributed by atoms with E-state index in [2.05, 4.69) is 10.6 Å². The topological polar surface area (TPSA) is 80.6 Å². The Bertz CT molecular complexity index is 1090. The first kappa shape index (κ1) is 23.1. The van der Waals surface area contributed by atoms with Gasteiger partial charge in [-0.05, 0) is 54.3 Å². The summed E-state index contributed by atoms with van der Waals surface area (Å²) in [4.78, 5) is 25.3. The van der Waals surface area contributed by atoms with Gasteiger partial charge in [-0.25, -0.2) is 4.39 Å². The molecule has 0 bridgehead atoms. The molecule has 0 saturated carbocycles. The predicted molar refractivity (Wildman–Crippen MR) is 120 cm³/mol. The Balaban J connectivity index is 1.73. The largest absolute Gasteiger partial charge is 0.488 e. The number of anilines is 1. The molecule has 0 aliphatic heterocycles. The molecule has 1 unspecified atom stereocenters. The second-order valence-electron chi connectivity index (χ2n) is 8.59. The van der Waals surface area contributed by atoms with Gasteiger partial charge in [0.2, 0.25) is 0 Å². The van der Waals surface area contributed by atoms with Crippen molar-refractivity contribution in [3.8, 4) is 5.75 Å². The molecule has 168 valence electrons. The summed E-state index contributed by atoms with van der Waals surface area (Å²) in [5.41, 5.74) is 1.35. The zero-order valence-electron chi connectivity index (χ0n) is 18.6. The molecule has 1 atom stereocenters. The van der Waals surface area contributed by atoms with Crippen molar-refractivity contribution >= 4 is 17.5 Å². The molecule has 7 heteroatoms. The fraction of sp³-hybridized carbons (Fsp3) is 0.280. The Morgan fingerprint density at radius 3 is 2.47 bits per heavy atom. The van der Waals surface area contributed by atoms with E-state index in [9.17, 15) is 14.0 Å². The van der Waals surface area contributed by atoms with E-state index >= 15 is 0 Å². The Morgan fingerprint density at radius 1 is 1.06 bits per heavy atom. The highest BCUT2D eigenvalue weighted by Gasteiger charge is 2.28. The molecule has 2 amide bonds. The van der Waals surface area contributed by atoms with Crippen molar-refractivity contribution in [1.82, 2.24) is 5.32 Å². The van der Waals surface area contributed by atoms with Crippen molar-refractivity contribution < 1.29 is 23.1 Å². The number of para-hydroxylation sites is 1. The lowest BCUT2D eigenvalue weighted by Crippen LogP contribution is -2.47. The van der Waals surface area contributed by atoms with Gasteiger partial charge in [-0.15, -0.1) is 0 Å². The van der Waals surface area contributed by atoms with Crippen molar-refractivity contribution in [2.45, 2.75) is 33.7 Å². The summed E-state index contributed by atoms with van der Waals surface area (Å²) in [5, 5.41) is 5.74. The van der Waals surface area contributed by atoms with Crippen LogP contribution in [0, 0.1) is 18.2 Å². The van der Waals surface area contributed by atoms with Crippen molar-refractivity contribution in [2.75, 3.05) is 11.9 Å². The number of hydrogen-bond donors (Lipinski definition) is 2. The number of carbonyl (C=O) groups is 2. The minimum atomic E-state index is -0.457. The van der Waals surface area contributed by atoms with Gasteiger partial charge < -0.3 is 19.8 Å². The SMILES string of the molecule is Cc1ccc(C(=O)NC(COc2ccccc2F)C(C)(C)C)cc1NC(=O)c1ccco1. The molecule has 2 aromatic carbocycles. The fourth-order valence-corrected chi connectivity index (χ4v) is 2.97. The Kier molecular flexibility index (Phi) is 6.98. The van der Waals surface area contributed by atoms with Crippen LogP contribution in [0.25, 0.3) is 0 Å². The van der Waals surface area contributed by atoms with E-state index < -0.39 is 17.8 Å². The van der Waals surface area contributed by atoms with E-state index in [4.69, 9.17) is 9.15 Å². The maximum Gasteiger partial charge on any atom is 0.291 e. The number of hydrogen-bond acceptors (Lipinski definition) is 4. The monoisotopic (exact) mass is 438 g/mol. The lowest BCUT2D eigenvalue weighted by atomic mass is 9.87. The molecule has 3 aromatic rings. The van der Waals surface area contributed by atoms with E-state index in [0.717, 1.165) is 5.56 Å². The van der Waals surface area contributed by atoms with Gasteiger partial charge in [0.25, 0.3) is 11.8 Å². The second kappa shape index (κ2) is 9.68. The molecule has 32 heavy (non-hydrogen) atoms. The second-order valence-corrected chi connectivity index (χ2v) is 8.59. The maximum absolute atomic E-state index is 13.9. The maximum atomic E-state index is 13.9. The van der Waals surface area contributed by atoms with E-state index in [-0.39, 0.29) is 29.4 Å². The van der Waals surface area contributed by atoms with Crippen LogP contribution in [0.2, 0.25) is 0 Å². The van der Waals surface area contributed by atoms with Crippen LogP contribution in [-0.2, 0) is 0 Å². The van der Waals surface area contributed by atoms with E-state index in [1.54, 1.807) is 48.5 Å². The first-order valence-electron chi connectivity index (χ1n) is 10.3. The third-order valence-corrected chi connectivity index (χ3v) is 5.09. The van der Waals surface area contributed by atoms with Gasteiger partial charge in [0.1, 0.15) is 6.61 Å². The highest BCUT2D eigenvalue weighted by molar-refractivity contribution is 6.04. The standard InChI is InChI=1S/C25H27FN2O4/c1-16-11-12-17(14-19(16)27-24(30)21-10-7-13-31-21)23(29)28-22(25(2,3)4)15-32-20-9-6-5-8-18(20)26/h5-14,22H,15H2,1-4H3,(H,27,30)(H,28,29). The average Bonchev–Trinajstić information content (AvgIpc) is 3.28. The van der Waals surface area contributed by atoms with Gasteiger partial charge in [-0.2, -0.15) is 0 Å². The molecule has 0 aliphatic carbocycles. The number of aryl methyl sites for hydroxylation is 1. The number of amides is 2. The fourth-order valence-electron chi connectivity index (χ4n) is 2.97. The minimum absolute atomic E-state index is 0.101. The lowest BCUT2D eigenvalue weighted by Gasteiger charge is -2.31. The van der Waals surface area contributed by atoms with Crippen LogP contribution in [0.3, 0.4) is 0 Å². The summed E-state index contributed by atoms with van der Waals surface area (Å²) in [6, 6.07) is 14.0. The molecule has 6 nitrogen and oxygen atoms in total. The smallest absolute Gasteiger partial charge is 0.291 e. The molecule has 0 saturated heterocycles. The van der Waals surface area contributed by atoms with Gasteiger partial charge in [0.05, 0.1) is 12.3 Å². The van der Waals surface area contributed by atoms with Crippen LogP contribution >= 0.6 is 0 Å². The lowest BCUT2D eigenvalue weighted by molar-refractivity contribution is 0.0860. The van der Waals surface area contributed by atoms with Gasteiger partial charge >= 0.3 is 0 Å². The van der Waals surface area contributed by atoms with Crippen molar-refractivity contribution in [3.05, 3.63) is 83.6 Å². The molecule has 2 N–H and O–H groups in total. The molecule has 1 aromatic heterocycles. The van der Waals surface area contributed by atoms with Crippen LogP contribution in [0.1, 0.15) is 47.2 Å². The summed E-state index contributed by atoms with van der Waals surface area (Å²) in [6.45, 7) is 7.83. The number of furan rings is 1. The molecule has 0 fully saturated rings. The minimum Gasteiger partial charge on any atom is -0.488 e. The number of ether oxygens (including phenoxy) is 1. The van der Waals surface area contributed by atoms with Gasteiger partial charge in [-0.1, -0.05) is 39.0 Å². The molecular formula is C25H27FN2O4. The number of nitrogens with one attached hydrogen (secondary N) is 2. The molecular weight excluding hydrogens is 411 g/mol. The predicted octanol–water partition coefficient (Wildman–Crippen LogP) is 5.20. The van der Waals surface area contributed by atoms with Crippen molar-refractivity contribution in [3.63, 3.8) is 0 Å². The Hall–Kier alpha value is -3.61. The third kappa shape index (κ3) is 5.75. The first-order chi connectivity index (χ1) is 15.1. The van der Waals surface area contributed by atoms with Crippen LogP contribution in [0.15, 0.2) is 65.3 Å². The van der Waals surface area contributed by atoms with Crippen LogP contribution < -0.4 is 15.4 Å². The summed E-state index contributed by atoms with van der Waals surface area (Å²) >= 11 is 0. The molecule has 3 rings (SSSR count). The molecule has 1 heterocycles. The van der Waals surface area contributed by atoms with Crippen LogP contribution in [-0.4, -0.2) is 24.5 Å². The molecule has 0 spiro atoms. The van der Waals surface area contributed by atoms with Crippen LogP contribution in [0.4, 0.5) is 10.1 Å². The number of halogens is 1. The third-order valence-electron chi connectivity index (χ3n) is 5.09. The summed E-state index contributed by atoms with van der Waals surface area (Å²) in [7, 11) is 0. The van der Waals surface area contributed by atoms with Gasteiger partial charge in [0.15, 0.2) is 17.3 Å². The number of rotatable bonds is 7. The highest BCUT2D eigenvalue weighted by atomic mass is 19.1. The Labute approximate surface area is 186 Å². The summed E-state index contributed by atoms with van der Waals surface area (Å²) in [6.07, 6.45) is 1.42. The Morgan fingerprint density at radius 2 is 1.81 bits per heavy atom. The van der Waals surface area contributed by atoms with E-state index in [1.165, 1.54) is 12.3 Å². The summed E-state index contributed by atoms with van der Waals surface area (Å²) in [5.74, 6) is -0.870. The molecule has 0 radical (unpaired) electrons. The summed E-state index contributed by atoms with van der Waals surface area (Å²) < 4.78 is 24.7. The first-order valence-corrected chi connectivity index (χ1v) is 10.3. The quantitative estimate of drug-likeness (QED) is 0.531.